The Balaban J connectivity index is 1.65. The summed E-state index contributed by atoms with van der Waals surface area (Å²) in [4.78, 5) is 17.2. The molecule has 0 aliphatic rings. The Morgan fingerprint density at radius 1 is 1.00 bits per heavy atom. The Morgan fingerprint density at radius 3 is 2.39 bits per heavy atom. The monoisotopic (exact) mass is 496 g/mol. The van der Waals surface area contributed by atoms with Crippen LogP contribution in [0.15, 0.2) is 72.8 Å². The molecule has 0 unspecified atom stereocenters. The van der Waals surface area contributed by atoms with Crippen LogP contribution in [-0.4, -0.2) is 33.9 Å². The van der Waals surface area contributed by atoms with Crippen molar-refractivity contribution in [1.29, 1.82) is 0 Å². The molecule has 4 rings (SSSR count). The molecule has 0 radical (unpaired) electrons. The van der Waals surface area contributed by atoms with Gasteiger partial charge < -0.3 is 14.8 Å². The molecule has 7 nitrogen and oxygen atoms in total. The number of alkyl halides is 3. The number of benzene rings is 3. The molecule has 0 fully saturated rings. The molecule has 0 spiro atoms. The predicted molar refractivity (Wildman–Crippen MR) is 129 cm³/mol. The normalized spacial score (nSPS) is 11.4. The zero-order valence-corrected chi connectivity index (χ0v) is 19.7. The van der Waals surface area contributed by atoms with E-state index in [9.17, 15) is 18.0 Å². The van der Waals surface area contributed by atoms with Gasteiger partial charge in [-0.3, -0.25) is 4.79 Å². The number of carbonyl (C=O) groups is 1. The lowest BCUT2D eigenvalue weighted by Crippen LogP contribution is -2.13. The average molecular weight is 496 g/mol. The van der Waals surface area contributed by atoms with Crippen molar-refractivity contribution < 1.29 is 27.4 Å². The van der Waals surface area contributed by atoms with Gasteiger partial charge in [-0.25, -0.2) is 4.68 Å². The summed E-state index contributed by atoms with van der Waals surface area (Å²) in [6, 6.07) is 18.4. The molecule has 0 atom stereocenters. The van der Waals surface area contributed by atoms with Crippen molar-refractivity contribution in [2.45, 2.75) is 26.1 Å². The minimum Gasteiger partial charge on any atom is -0.497 e. The lowest BCUT2D eigenvalue weighted by Gasteiger charge is -2.11. The average Bonchev–Trinajstić information content (AvgIpc) is 3.27. The number of hydrogen-bond donors (Lipinski definition) is 1. The van der Waals surface area contributed by atoms with Crippen LogP contribution >= 0.6 is 0 Å². The van der Waals surface area contributed by atoms with Gasteiger partial charge in [0.1, 0.15) is 5.75 Å². The molecule has 1 amide bonds. The van der Waals surface area contributed by atoms with Crippen molar-refractivity contribution in [2.75, 3.05) is 12.4 Å². The first-order chi connectivity index (χ1) is 17.1. The molecular formula is C26H23F3N4O3. The number of ether oxygens (including phenoxy) is 2. The van der Waals surface area contributed by atoms with E-state index in [0.717, 1.165) is 29.8 Å². The number of nitrogens with zero attached hydrogens (tertiary/aromatic N) is 3. The topological polar surface area (TPSA) is 78.3 Å². The number of anilines is 1. The van der Waals surface area contributed by atoms with Gasteiger partial charge in [0, 0.05) is 16.8 Å². The van der Waals surface area contributed by atoms with Crippen molar-refractivity contribution in [2.24, 2.45) is 0 Å². The van der Waals surface area contributed by atoms with Gasteiger partial charge in [0.05, 0.1) is 24.5 Å². The number of carbonyl (C=O) groups excluding carboxylic acids is 1. The van der Waals surface area contributed by atoms with Gasteiger partial charge in [0.25, 0.3) is 5.91 Å². The SMILES string of the molecule is COc1cccc(-c2nc(OC(C)C)nn2-c2cccc(NC(=O)c3ccc(C(F)(F)F)cc3)c2)c1. The van der Waals surface area contributed by atoms with Crippen LogP contribution in [0.1, 0.15) is 29.8 Å². The largest absolute Gasteiger partial charge is 0.497 e. The van der Waals surface area contributed by atoms with Crippen molar-refractivity contribution in [3.8, 4) is 28.8 Å². The van der Waals surface area contributed by atoms with E-state index in [1.165, 1.54) is 0 Å². The van der Waals surface area contributed by atoms with Gasteiger partial charge in [0.15, 0.2) is 5.82 Å². The Morgan fingerprint density at radius 2 is 1.72 bits per heavy atom. The van der Waals surface area contributed by atoms with Crippen LogP contribution in [0.4, 0.5) is 18.9 Å². The predicted octanol–water partition coefficient (Wildman–Crippen LogP) is 6.00. The fourth-order valence-electron chi connectivity index (χ4n) is 3.41. The van der Waals surface area contributed by atoms with Crippen molar-refractivity contribution in [3.05, 3.63) is 83.9 Å². The van der Waals surface area contributed by atoms with Gasteiger partial charge in [0.2, 0.25) is 0 Å². The molecule has 1 N–H and O–H groups in total. The standard InChI is InChI=1S/C26H23F3N4O3/c1-16(2)36-25-31-23(18-6-4-9-22(14-18)35-3)33(32-25)21-8-5-7-20(15-21)30-24(34)17-10-12-19(13-11-17)26(27,28)29/h4-16H,1-3H3,(H,30,34). The smallest absolute Gasteiger partial charge is 0.416 e. The highest BCUT2D eigenvalue weighted by atomic mass is 19.4. The number of rotatable bonds is 7. The number of halogens is 3. The third kappa shape index (κ3) is 5.65. The summed E-state index contributed by atoms with van der Waals surface area (Å²) in [7, 11) is 1.57. The molecular weight excluding hydrogens is 473 g/mol. The van der Waals surface area contributed by atoms with Crippen LogP contribution in [0, 0.1) is 0 Å². The van der Waals surface area contributed by atoms with Gasteiger partial charge in [-0.15, -0.1) is 5.10 Å². The molecule has 36 heavy (non-hydrogen) atoms. The fourth-order valence-corrected chi connectivity index (χ4v) is 3.41. The van der Waals surface area contributed by atoms with E-state index in [4.69, 9.17) is 9.47 Å². The molecule has 3 aromatic carbocycles. The Labute approximate surface area is 205 Å². The van der Waals surface area contributed by atoms with Crippen LogP contribution in [0.25, 0.3) is 17.1 Å². The van der Waals surface area contributed by atoms with E-state index in [2.05, 4.69) is 15.4 Å². The minimum absolute atomic E-state index is 0.0962. The second-order valence-corrected chi connectivity index (χ2v) is 8.11. The van der Waals surface area contributed by atoms with Crippen molar-refractivity contribution in [1.82, 2.24) is 14.8 Å². The summed E-state index contributed by atoms with van der Waals surface area (Å²) in [5, 5.41) is 7.20. The Kier molecular flexibility index (Phi) is 6.96. The molecule has 10 heteroatoms. The highest BCUT2D eigenvalue weighted by Gasteiger charge is 2.30. The number of amides is 1. The lowest BCUT2D eigenvalue weighted by atomic mass is 10.1. The molecule has 4 aromatic rings. The van der Waals surface area contributed by atoms with E-state index < -0.39 is 17.6 Å². The van der Waals surface area contributed by atoms with Gasteiger partial charge in [-0.1, -0.05) is 18.2 Å². The molecule has 0 aliphatic carbocycles. The minimum atomic E-state index is -4.47. The molecule has 1 heterocycles. The number of nitrogens with one attached hydrogen (secondary N) is 1. The summed E-state index contributed by atoms with van der Waals surface area (Å²) >= 11 is 0. The quantitative estimate of drug-likeness (QED) is 0.340. The second kappa shape index (κ2) is 10.1. The zero-order chi connectivity index (χ0) is 25.9. The molecule has 0 bridgehead atoms. The maximum atomic E-state index is 12.8. The summed E-state index contributed by atoms with van der Waals surface area (Å²) < 4.78 is 51.0. The summed E-state index contributed by atoms with van der Waals surface area (Å²) in [5.74, 6) is 0.595. The summed E-state index contributed by atoms with van der Waals surface area (Å²) in [6.07, 6.45) is -4.62. The third-order valence-electron chi connectivity index (χ3n) is 5.08. The van der Waals surface area contributed by atoms with Crippen LogP contribution < -0.4 is 14.8 Å². The van der Waals surface area contributed by atoms with Crippen molar-refractivity contribution >= 4 is 11.6 Å². The lowest BCUT2D eigenvalue weighted by molar-refractivity contribution is -0.137. The van der Waals surface area contributed by atoms with Crippen molar-refractivity contribution in [3.63, 3.8) is 0 Å². The van der Waals surface area contributed by atoms with Crippen LogP contribution in [0.3, 0.4) is 0 Å². The van der Waals surface area contributed by atoms with Gasteiger partial charge in [-0.2, -0.15) is 18.2 Å². The highest BCUT2D eigenvalue weighted by molar-refractivity contribution is 6.04. The molecule has 186 valence electrons. The third-order valence-corrected chi connectivity index (χ3v) is 5.08. The fraction of sp³-hybridized carbons (Fsp3) is 0.192. The second-order valence-electron chi connectivity index (χ2n) is 8.11. The zero-order valence-electron chi connectivity index (χ0n) is 19.7. The molecule has 1 aromatic heterocycles. The summed E-state index contributed by atoms with van der Waals surface area (Å²) in [5.41, 5.74) is 1.02. The number of aromatic nitrogens is 3. The van der Waals surface area contributed by atoms with Gasteiger partial charge >= 0.3 is 12.2 Å². The first kappa shape index (κ1) is 24.8. The highest BCUT2D eigenvalue weighted by Crippen LogP contribution is 2.30. The van der Waals surface area contributed by atoms with E-state index in [1.807, 2.05) is 38.1 Å². The molecule has 0 aliphatic heterocycles. The summed E-state index contributed by atoms with van der Waals surface area (Å²) in [6.45, 7) is 3.73. The number of hydrogen-bond acceptors (Lipinski definition) is 5. The molecule has 0 saturated carbocycles. The molecule has 0 saturated heterocycles. The van der Waals surface area contributed by atoms with Crippen LogP contribution in [0.2, 0.25) is 0 Å². The Hall–Kier alpha value is -4.34. The maximum absolute atomic E-state index is 12.8. The van der Waals surface area contributed by atoms with E-state index in [0.29, 0.717) is 22.9 Å². The first-order valence-electron chi connectivity index (χ1n) is 11.0. The maximum Gasteiger partial charge on any atom is 0.416 e. The van der Waals surface area contributed by atoms with Crippen LogP contribution in [0.5, 0.6) is 11.8 Å². The number of methoxy groups -OCH3 is 1. The first-order valence-corrected chi connectivity index (χ1v) is 11.0. The van der Waals surface area contributed by atoms with E-state index in [-0.39, 0.29) is 17.7 Å². The van der Waals surface area contributed by atoms with Gasteiger partial charge in [-0.05, 0) is 68.4 Å². The Bertz CT molecular complexity index is 1370. The van der Waals surface area contributed by atoms with E-state index >= 15 is 0 Å². The van der Waals surface area contributed by atoms with E-state index in [1.54, 1.807) is 36.1 Å². The van der Waals surface area contributed by atoms with Crippen LogP contribution in [-0.2, 0) is 6.18 Å².